The number of sulfonamides is 1. The van der Waals surface area contributed by atoms with Crippen LogP contribution in [-0.4, -0.2) is 47.3 Å². The molecular weight excluding hydrogens is 364 g/mol. The Labute approximate surface area is 160 Å². The molecule has 8 heteroatoms. The van der Waals surface area contributed by atoms with Gasteiger partial charge in [0, 0.05) is 26.2 Å². The van der Waals surface area contributed by atoms with Gasteiger partial charge < -0.3 is 0 Å². The number of aryl methyl sites for hydroxylation is 3. The van der Waals surface area contributed by atoms with E-state index < -0.39 is 16.1 Å². The minimum absolute atomic E-state index is 0.191. The van der Waals surface area contributed by atoms with Gasteiger partial charge in [0.15, 0.2) is 0 Å². The Morgan fingerprint density at radius 2 is 1.89 bits per heavy atom. The van der Waals surface area contributed by atoms with E-state index in [1.165, 1.54) is 10.6 Å². The van der Waals surface area contributed by atoms with Crippen LogP contribution < -0.4 is 4.90 Å². The number of aromatic nitrogens is 2. The number of anilines is 1. The molecule has 0 radical (unpaired) electrons. The molecule has 1 aliphatic heterocycles. The predicted octanol–water partition coefficient (Wildman–Crippen LogP) is 1.99. The van der Waals surface area contributed by atoms with Crippen LogP contribution in [0.3, 0.4) is 0 Å². The molecule has 1 saturated heterocycles. The van der Waals surface area contributed by atoms with Crippen molar-refractivity contribution >= 4 is 21.7 Å². The van der Waals surface area contributed by atoms with Crippen LogP contribution >= 0.6 is 0 Å². The minimum atomic E-state index is -3.56. The predicted molar refractivity (Wildman–Crippen MR) is 105 cm³/mol. The molecule has 0 aliphatic carbocycles. The molecule has 27 heavy (non-hydrogen) atoms. The monoisotopic (exact) mass is 390 g/mol. The van der Waals surface area contributed by atoms with Crippen molar-refractivity contribution < 1.29 is 13.2 Å². The lowest BCUT2D eigenvalue weighted by Crippen LogP contribution is -2.54. The smallest absolute Gasteiger partial charge is 0.246 e. The number of nitrogens with zero attached hydrogens (tertiary/aromatic N) is 4. The first-order valence-corrected chi connectivity index (χ1v) is 10.8. The lowest BCUT2D eigenvalue weighted by Gasteiger charge is -2.37. The van der Waals surface area contributed by atoms with Crippen molar-refractivity contribution in [2.24, 2.45) is 7.05 Å². The molecule has 1 fully saturated rings. The number of rotatable bonds is 5. The van der Waals surface area contributed by atoms with Crippen molar-refractivity contribution in [3.8, 4) is 0 Å². The Balaban J connectivity index is 1.93. The third kappa shape index (κ3) is 4.22. The van der Waals surface area contributed by atoms with E-state index in [-0.39, 0.29) is 12.5 Å². The molecule has 7 nitrogen and oxygen atoms in total. The van der Waals surface area contributed by atoms with Crippen molar-refractivity contribution in [3.05, 3.63) is 47.2 Å². The zero-order valence-electron chi connectivity index (χ0n) is 16.2. The van der Waals surface area contributed by atoms with Gasteiger partial charge in [-0.3, -0.25) is 14.4 Å². The Hall–Kier alpha value is -2.19. The maximum Gasteiger partial charge on any atom is 0.246 e. The summed E-state index contributed by atoms with van der Waals surface area (Å²) in [5.74, 6) is 0.490. The first-order chi connectivity index (χ1) is 12.7. The lowest BCUT2D eigenvalue weighted by molar-refractivity contribution is -0.123. The summed E-state index contributed by atoms with van der Waals surface area (Å²) >= 11 is 0. The highest BCUT2D eigenvalue weighted by Crippen LogP contribution is 2.26. The van der Waals surface area contributed by atoms with E-state index in [9.17, 15) is 13.2 Å². The first kappa shape index (κ1) is 19.6. The Morgan fingerprint density at radius 1 is 1.22 bits per heavy atom. The molecule has 1 atom stereocenters. The van der Waals surface area contributed by atoms with E-state index in [1.807, 2.05) is 32.0 Å². The fraction of sp³-hybridized carbons (Fsp3) is 0.474. The molecule has 2 heterocycles. The van der Waals surface area contributed by atoms with E-state index >= 15 is 0 Å². The van der Waals surface area contributed by atoms with Gasteiger partial charge in [-0.25, -0.2) is 8.42 Å². The van der Waals surface area contributed by atoms with Crippen molar-refractivity contribution in [2.75, 3.05) is 17.7 Å². The van der Waals surface area contributed by atoms with Gasteiger partial charge in [0.05, 0.1) is 12.5 Å². The van der Waals surface area contributed by atoms with Crippen LogP contribution in [0.4, 0.5) is 5.82 Å². The van der Waals surface area contributed by atoms with Crippen LogP contribution in [0.25, 0.3) is 0 Å². The second-order valence-electron chi connectivity index (χ2n) is 7.27. The molecule has 3 rings (SSSR count). The third-order valence-corrected chi connectivity index (χ3v) is 6.11. The molecule has 1 aliphatic rings. The van der Waals surface area contributed by atoms with Gasteiger partial charge in [-0.15, -0.1) is 0 Å². The van der Waals surface area contributed by atoms with Crippen LogP contribution in [-0.2, 0) is 28.4 Å². The molecule has 1 amide bonds. The van der Waals surface area contributed by atoms with Crippen molar-refractivity contribution in [3.63, 3.8) is 0 Å². The average molecular weight is 391 g/mol. The highest BCUT2D eigenvalue weighted by molar-refractivity contribution is 7.88. The summed E-state index contributed by atoms with van der Waals surface area (Å²) in [6.45, 7) is 4.72. The summed E-state index contributed by atoms with van der Waals surface area (Å²) in [5, 5.41) is 4.12. The number of hydrogen-bond donors (Lipinski definition) is 0. The molecule has 0 spiro atoms. The van der Waals surface area contributed by atoms with Gasteiger partial charge in [0.1, 0.15) is 11.9 Å². The zero-order chi connectivity index (χ0) is 19.8. The summed E-state index contributed by atoms with van der Waals surface area (Å²) in [6.07, 6.45) is 4.06. The molecule has 0 bridgehead atoms. The number of amides is 1. The number of carbonyl (C=O) groups excluding carboxylic acids is 1. The van der Waals surface area contributed by atoms with Gasteiger partial charge in [0.2, 0.25) is 15.9 Å². The average Bonchev–Trinajstić information content (AvgIpc) is 2.97. The topological polar surface area (TPSA) is 75.5 Å². The van der Waals surface area contributed by atoms with Gasteiger partial charge in [-0.1, -0.05) is 29.3 Å². The number of piperidine rings is 1. The fourth-order valence-electron chi connectivity index (χ4n) is 3.78. The van der Waals surface area contributed by atoms with E-state index in [0.717, 1.165) is 23.1 Å². The summed E-state index contributed by atoms with van der Waals surface area (Å²) in [7, 11) is -1.79. The molecule has 146 valence electrons. The second-order valence-corrected chi connectivity index (χ2v) is 9.20. The number of benzene rings is 1. The highest BCUT2D eigenvalue weighted by Gasteiger charge is 2.38. The Bertz CT molecular complexity index is 931. The van der Waals surface area contributed by atoms with E-state index in [2.05, 4.69) is 5.10 Å². The number of hydrogen-bond acceptors (Lipinski definition) is 4. The Morgan fingerprint density at radius 3 is 2.44 bits per heavy atom. The molecule has 1 aromatic carbocycles. The van der Waals surface area contributed by atoms with E-state index in [0.29, 0.717) is 18.8 Å². The summed E-state index contributed by atoms with van der Waals surface area (Å²) in [4.78, 5) is 14.8. The maximum absolute atomic E-state index is 13.2. The normalized spacial score (nSPS) is 18.3. The molecule has 1 aromatic heterocycles. The van der Waals surface area contributed by atoms with Crippen LogP contribution in [0.5, 0.6) is 0 Å². The summed E-state index contributed by atoms with van der Waals surface area (Å²) in [5.41, 5.74) is 3.04. The first-order valence-electron chi connectivity index (χ1n) is 9.00. The lowest BCUT2D eigenvalue weighted by atomic mass is 10.0. The Kier molecular flexibility index (Phi) is 5.39. The number of carbonyl (C=O) groups is 1. The van der Waals surface area contributed by atoms with Crippen molar-refractivity contribution in [1.82, 2.24) is 14.1 Å². The molecule has 1 unspecified atom stereocenters. The zero-order valence-corrected chi connectivity index (χ0v) is 17.0. The van der Waals surface area contributed by atoms with Crippen LogP contribution in [0.15, 0.2) is 30.5 Å². The van der Waals surface area contributed by atoms with Crippen molar-refractivity contribution in [2.45, 2.75) is 39.3 Å². The quantitative estimate of drug-likeness (QED) is 0.782. The van der Waals surface area contributed by atoms with Gasteiger partial charge in [-0.05, 0) is 32.3 Å². The molecule has 2 aromatic rings. The maximum atomic E-state index is 13.2. The SMILES string of the molecule is Cc1cc(C)cc(CN(C2CCCN(c3ccnn3C)C2=O)S(C)(=O)=O)c1. The minimum Gasteiger partial charge on any atom is -0.296 e. The third-order valence-electron chi connectivity index (χ3n) is 4.88. The molecule has 0 saturated carbocycles. The van der Waals surface area contributed by atoms with Gasteiger partial charge in [-0.2, -0.15) is 9.40 Å². The van der Waals surface area contributed by atoms with Gasteiger partial charge >= 0.3 is 0 Å². The van der Waals surface area contributed by atoms with Crippen LogP contribution in [0, 0.1) is 13.8 Å². The van der Waals surface area contributed by atoms with Crippen LogP contribution in [0.2, 0.25) is 0 Å². The molecule has 0 N–H and O–H groups in total. The van der Waals surface area contributed by atoms with Crippen LogP contribution in [0.1, 0.15) is 29.5 Å². The van der Waals surface area contributed by atoms with Gasteiger partial charge in [0.25, 0.3) is 0 Å². The van der Waals surface area contributed by atoms with E-state index in [4.69, 9.17) is 0 Å². The fourth-order valence-corrected chi connectivity index (χ4v) is 4.82. The second kappa shape index (κ2) is 7.44. The summed E-state index contributed by atoms with van der Waals surface area (Å²) in [6, 6.07) is 7.05. The highest BCUT2D eigenvalue weighted by atomic mass is 32.2. The van der Waals surface area contributed by atoms with Crippen molar-refractivity contribution in [1.29, 1.82) is 0 Å². The van der Waals surface area contributed by atoms with E-state index in [1.54, 1.807) is 28.9 Å². The standard InChI is InChI=1S/C19H26N4O3S/c1-14-10-15(2)12-16(11-14)13-23(27(4,25)26)17-6-5-9-22(19(17)24)18-7-8-20-21(18)3/h7-8,10-12,17H,5-6,9,13H2,1-4H3. The summed E-state index contributed by atoms with van der Waals surface area (Å²) < 4.78 is 28.1. The largest absolute Gasteiger partial charge is 0.296 e. The molecular formula is C19H26N4O3S.